The number of hydrogen-bond acceptors (Lipinski definition) is 2. The van der Waals surface area contributed by atoms with Gasteiger partial charge in [-0.05, 0) is 13.8 Å². The summed E-state index contributed by atoms with van der Waals surface area (Å²) in [5.74, 6) is 0.711. The van der Waals surface area contributed by atoms with E-state index in [1.807, 2.05) is 6.92 Å². The Bertz CT molecular complexity index is 181. The van der Waals surface area contributed by atoms with Crippen LogP contribution in [0.5, 0.6) is 0 Å². The number of likely N-dealkylation sites (N-methyl/N-ethyl adjacent to an activating group) is 1. The van der Waals surface area contributed by atoms with Gasteiger partial charge in [0.15, 0.2) is 11.7 Å². The zero-order valence-corrected chi connectivity index (χ0v) is 7.18. The molecule has 4 heteroatoms. The quantitative estimate of drug-likeness (QED) is 0.423. The van der Waals surface area contributed by atoms with Crippen LogP contribution in [0, 0.1) is 5.41 Å². The molecule has 0 saturated carbocycles. The van der Waals surface area contributed by atoms with E-state index in [9.17, 15) is 0 Å². The first kappa shape index (κ1) is 9.81. The van der Waals surface area contributed by atoms with E-state index < -0.39 is 0 Å². The molecule has 0 aromatic rings. The highest BCUT2D eigenvalue weighted by molar-refractivity contribution is 6.40. The second kappa shape index (κ2) is 5.58. The fraction of sp³-hybridized carbons (Fsp3) is 0.571. The van der Waals surface area contributed by atoms with E-state index in [-0.39, 0.29) is 5.84 Å². The van der Waals surface area contributed by atoms with Crippen molar-refractivity contribution in [1.29, 1.82) is 5.41 Å². The summed E-state index contributed by atoms with van der Waals surface area (Å²) in [6, 6.07) is 0. The molecular weight excluding hydrogens is 140 g/mol. The van der Waals surface area contributed by atoms with Crippen LogP contribution in [0.4, 0.5) is 0 Å². The average molecular weight is 154 g/mol. The van der Waals surface area contributed by atoms with Crippen LogP contribution in [0.2, 0.25) is 0 Å². The highest BCUT2D eigenvalue weighted by Gasteiger charge is 1.99. The van der Waals surface area contributed by atoms with Gasteiger partial charge in [0, 0.05) is 19.8 Å². The summed E-state index contributed by atoms with van der Waals surface area (Å²) in [5.41, 5.74) is 0. The van der Waals surface area contributed by atoms with E-state index >= 15 is 0 Å². The van der Waals surface area contributed by atoms with Crippen molar-refractivity contribution in [2.75, 3.05) is 13.6 Å². The van der Waals surface area contributed by atoms with Gasteiger partial charge < -0.3 is 5.32 Å². The molecule has 0 saturated heterocycles. The van der Waals surface area contributed by atoms with Gasteiger partial charge in [-0.15, -0.1) is 0 Å². The average Bonchev–Trinajstić information content (AvgIpc) is 2.03. The van der Waals surface area contributed by atoms with Crippen molar-refractivity contribution < 1.29 is 0 Å². The molecule has 2 N–H and O–H groups in total. The molecule has 0 rings (SSSR count). The lowest BCUT2D eigenvalue weighted by Crippen LogP contribution is -2.25. The molecule has 11 heavy (non-hydrogen) atoms. The Balaban J connectivity index is 4.34. The lowest BCUT2D eigenvalue weighted by molar-refractivity contribution is 1.11. The van der Waals surface area contributed by atoms with Crippen LogP contribution >= 0.6 is 0 Å². The number of nitrogens with one attached hydrogen (secondary N) is 2. The Morgan fingerprint density at radius 1 is 1.64 bits per heavy atom. The summed E-state index contributed by atoms with van der Waals surface area (Å²) in [6.07, 6.45) is 1.63. The van der Waals surface area contributed by atoms with E-state index in [0.717, 1.165) is 0 Å². The molecule has 0 aliphatic rings. The van der Waals surface area contributed by atoms with Crippen molar-refractivity contribution in [3.8, 4) is 0 Å². The van der Waals surface area contributed by atoms with Crippen molar-refractivity contribution in [3.63, 3.8) is 0 Å². The lowest BCUT2D eigenvalue weighted by Gasteiger charge is -2.00. The van der Waals surface area contributed by atoms with Crippen LogP contribution in [0.15, 0.2) is 9.98 Å². The zero-order chi connectivity index (χ0) is 8.69. The van der Waals surface area contributed by atoms with Crippen LogP contribution < -0.4 is 5.32 Å². The molecule has 0 unspecified atom stereocenters. The minimum absolute atomic E-state index is 0.255. The Labute approximate surface area is 67.0 Å². The van der Waals surface area contributed by atoms with Gasteiger partial charge >= 0.3 is 0 Å². The molecule has 0 atom stereocenters. The predicted octanol–water partition coefficient (Wildman–Crippen LogP) is 0.692. The van der Waals surface area contributed by atoms with E-state index in [0.29, 0.717) is 12.4 Å². The molecule has 0 aromatic carbocycles. The molecule has 0 bridgehead atoms. The lowest BCUT2D eigenvalue weighted by atomic mass is 10.5. The molecule has 0 fully saturated rings. The summed E-state index contributed by atoms with van der Waals surface area (Å²) < 4.78 is 0. The Morgan fingerprint density at radius 3 is 2.64 bits per heavy atom. The minimum Gasteiger partial charge on any atom is -0.370 e. The Hall–Kier alpha value is -1.19. The summed E-state index contributed by atoms with van der Waals surface area (Å²) in [5, 5.41) is 10.0. The molecule has 0 spiro atoms. The summed E-state index contributed by atoms with van der Waals surface area (Å²) in [6.45, 7) is 4.36. The first-order valence-corrected chi connectivity index (χ1v) is 3.56. The third-order valence-corrected chi connectivity index (χ3v) is 1.03. The first-order valence-electron chi connectivity index (χ1n) is 3.56. The molecule has 0 aliphatic carbocycles. The van der Waals surface area contributed by atoms with Gasteiger partial charge in [0.25, 0.3) is 0 Å². The number of amidine groups is 2. The van der Waals surface area contributed by atoms with Crippen LogP contribution in [0.3, 0.4) is 0 Å². The standard InChI is InChI=1S/C7H14N4/c1-4-10-7(11-5-2)6(8)9-3/h4H,5H2,1-3H3,(H2,8,9)/b10-4-,11-7-. The summed E-state index contributed by atoms with van der Waals surface area (Å²) in [7, 11) is 1.68. The maximum Gasteiger partial charge on any atom is 0.189 e. The van der Waals surface area contributed by atoms with Gasteiger partial charge in [0.2, 0.25) is 0 Å². The van der Waals surface area contributed by atoms with Crippen LogP contribution in [-0.4, -0.2) is 31.5 Å². The smallest absolute Gasteiger partial charge is 0.189 e. The topological polar surface area (TPSA) is 60.6 Å². The second-order valence-electron chi connectivity index (χ2n) is 1.81. The van der Waals surface area contributed by atoms with E-state index in [2.05, 4.69) is 15.3 Å². The van der Waals surface area contributed by atoms with Crippen molar-refractivity contribution in [1.82, 2.24) is 5.32 Å². The molecule has 0 amide bonds. The van der Waals surface area contributed by atoms with E-state index in [1.165, 1.54) is 0 Å². The maximum atomic E-state index is 7.35. The number of rotatable bonds is 1. The highest BCUT2D eigenvalue weighted by Crippen LogP contribution is 1.81. The number of nitrogens with zero attached hydrogens (tertiary/aromatic N) is 2. The molecule has 0 aliphatic heterocycles. The van der Waals surface area contributed by atoms with Gasteiger partial charge in [-0.1, -0.05) is 0 Å². The van der Waals surface area contributed by atoms with Crippen molar-refractivity contribution in [2.45, 2.75) is 13.8 Å². The number of hydrogen-bond donors (Lipinski definition) is 2. The fourth-order valence-electron chi connectivity index (χ4n) is 0.568. The minimum atomic E-state index is 0.255. The van der Waals surface area contributed by atoms with Crippen molar-refractivity contribution in [3.05, 3.63) is 0 Å². The number of aliphatic imine (C=N–C) groups is 2. The molecule has 0 radical (unpaired) electrons. The van der Waals surface area contributed by atoms with Gasteiger partial charge in [0.1, 0.15) is 0 Å². The van der Waals surface area contributed by atoms with Crippen LogP contribution in [-0.2, 0) is 0 Å². The zero-order valence-electron chi connectivity index (χ0n) is 7.18. The normalized spacial score (nSPS) is 12.1. The summed E-state index contributed by atoms with van der Waals surface area (Å²) in [4.78, 5) is 7.94. The maximum absolute atomic E-state index is 7.35. The van der Waals surface area contributed by atoms with Gasteiger partial charge in [0.05, 0.1) is 0 Å². The fourth-order valence-corrected chi connectivity index (χ4v) is 0.568. The molecular formula is C7H14N4. The Kier molecular flexibility index (Phi) is 4.98. The largest absolute Gasteiger partial charge is 0.370 e. The Morgan fingerprint density at radius 2 is 2.27 bits per heavy atom. The monoisotopic (exact) mass is 154 g/mol. The third kappa shape index (κ3) is 3.50. The van der Waals surface area contributed by atoms with Gasteiger partial charge in [-0.3, -0.25) is 10.4 Å². The second-order valence-corrected chi connectivity index (χ2v) is 1.81. The molecule has 4 nitrogen and oxygen atoms in total. The molecule has 62 valence electrons. The summed E-state index contributed by atoms with van der Waals surface area (Å²) >= 11 is 0. The molecule has 0 aromatic heterocycles. The van der Waals surface area contributed by atoms with E-state index in [4.69, 9.17) is 5.41 Å². The first-order chi connectivity index (χ1) is 5.26. The van der Waals surface area contributed by atoms with Crippen LogP contribution in [0.25, 0.3) is 0 Å². The SMILES string of the molecule is C/C=N\C(=N/CC)C(=N)NC. The van der Waals surface area contributed by atoms with E-state index in [1.54, 1.807) is 20.2 Å². The highest BCUT2D eigenvalue weighted by atomic mass is 15.0. The van der Waals surface area contributed by atoms with Crippen molar-refractivity contribution in [2.24, 2.45) is 9.98 Å². The predicted molar refractivity (Wildman–Crippen MR) is 48.9 cm³/mol. The molecule has 0 heterocycles. The van der Waals surface area contributed by atoms with Gasteiger partial charge in [-0.2, -0.15) is 0 Å². The third-order valence-electron chi connectivity index (χ3n) is 1.03. The van der Waals surface area contributed by atoms with Gasteiger partial charge in [-0.25, -0.2) is 4.99 Å². The van der Waals surface area contributed by atoms with Crippen molar-refractivity contribution >= 4 is 17.9 Å². The van der Waals surface area contributed by atoms with Crippen LogP contribution in [0.1, 0.15) is 13.8 Å².